The quantitative estimate of drug-likeness (QED) is 0.687. The molecule has 0 spiro atoms. The van der Waals surface area contributed by atoms with E-state index in [4.69, 9.17) is 0 Å². The van der Waals surface area contributed by atoms with Crippen molar-refractivity contribution >= 4 is 32.7 Å². The van der Waals surface area contributed by atoms with Crippen LogP contribution in [0.25, 0.3) is 11.0 Å². The van der Waals surface area contributed by atoms with E-state index in [1.54, 1.807) is 24.3 Å². The Bertz CT molecular complexity index is 1160. The van der Waals surface area contributed by atoms with Crippen molar-refractivity contribution in [3.63, 3.8) is 0 Å². The lowest BCUT2D eigenvalue weighted by atomic mass is 10.2. The van der Waals surface area contributed by atoms with Crippen molar-refractivity contribution in [1.29, 1.82) is 0 Å². The number of halogens is 3. The van der Waals surface area contributed by atoms with E-state index < -0.39 is 26.7 Å². The van der Waals surface area contributed by atoms with Crippen molar-refractivity contribution in [2.75, 3.05) is 22.7 Å². The highest BCUT2D eigenvalue weighted by Gasteiger charge is 2.37. The van der Waals surface area contributed by atoms with E-state index >= 15 is 0 Å². The van der Waals surface area contributed by atoms with Crippen LogP contribution in [0.2, 0.25) is 0 Å². The minimum atomic E-state index is -4.81. The summed E-state index contributed by atoms with van der Waals surface area (Å²) in [5.41, 5.74) is -0.214. The highest BCUT2D eigenvalue weighted by Crippen LogP contribution is 2.35. The number of hydrogen-bond acceptors (Lipinski definition) is 5. The number of fused-ring (bicyclic) bond motifs is 1. The molecule has 0 aliphatic carbocycles. The van der Waals surface area contributed by atoms with Gasteiger partial charge in [0.25, 0.3) is 10.0 Å². The summed E-state index contributed by atoms with van der Waals surface area (Å²) in [6, 6.07) is 11.0. The van der Waals surface area contributed by atoms with Crippen LogP contribution in [0.5, 0.6) is 0 Å². The zero-order valence-electron chi connectivity index (χ0n) is 15.1. The first-order valence-corrected chi connectivity index (χ1v) is 10.4. The van der Waals surface area contributed by atoms with Crippen LogP contribution in [0.3, 0.4) is 0 Å². The van der Waals surface area contributed by atoms with Crippen molar-refractivity contribution in [2.24, 2.45) is 0 Å². The first kappa shape index (κ1) is 19.4. The number of rotatable bonds is 4. The van der Waals surface area contributed by atoms with Gasteiger partial charge in [0.1, 0.15) is 0 Å². The molecule has 2 heterocycles. The monoisotopic (exact) mass is 422 g/mol. The lowest BCUT2D eigenvalue weighted by Gasteiger charge is -2.21. The fourth-order valence-electron chi connectivity index (χ4n) is 3.33. The molecule has 0 radical (unpaired) electrons. The summed E-state index contributed by atoms with van der Waals surface area (Å²) in [4.78, 5) is 9.90. The Morgan fingerprint density at radius 3 is 2.14 bits per heavy atom. The fraction of sp³-hybridized carbons (Fsp3) is 0.263. The van der Waals surface area contributed by atoms with Crippen LogP contribution in [0, 0.1) is 0 Å². The third-order valence-electron chi connectivity index (χ3n) is 4.67. The summed E-state index contributed by atoms with van der Waals surface area (Å²) in [6.07, 6.45) is -2.98. The predicted octanol–water partition coefficient (Wildman–Crippen LogP) is 4.05. The van der Waals surface area contributed by atoms with Crippen molar-refractivity contribution in [3.05, 3.63) is 54.1 Å². The van der Waals surface area contributed by atoms with Gasteiger partial charge in [-0.3, -0.25) is 4.72 Å². The molecule has 1 aromatic heterocycles. The molecule has 4 rings (SSSR count). The van der Waals surface area contributed by atoms with Gasteiger partial charge in [0.2, 0.25) is 0 Å². The summed E-state index contributed by atoms with van der Waals surface area (Å²) >= 11 is 0. The second kappa shape index (κ2) is 7.18. The average Bonchev–Trinajstić information content (AvgIpc) is 3.21. The zero-order valence-corrected chi connectivity index (χ0v) is 16.0. The number of para-hydroxylation sites is 2. The van der Waals surface area contributed by atoms with Crippen molar-refractivity contribution in [2.45, 2.75) is 23.9 Å². The van der Waals surface area contributed by atoms with Crippen molar-refractivity contribution in [1.82, 2.24) is 9.97 Å². The van der Waals surface area contributed by atoms with Crippen molar-refractivity contribution < 1.29 is 21.6 Å². The van der Waals surface area contributed by atoms with Gasteiger partial charge in [-0.1, -0.05) is 24.3 Å². The number of sulfonamides is 1. The van der Waals surface area contributed by atoms with Gasteiger partial charge in [0.15, 0.2) is 11.6 Å². The van der Waals surface area contributed by atoms with E-state index in [2.05, 4.69) is 14.7 Å². The molecule has 2 aromatic carbocycles. The lowest BCUT2D eigenvalue weighted by molar-refractivity contribution is -0.139. The summed E-state index contributed by atoms with van der Waals surface area (Å²) in [7, 11) is -4.55. The minimum absolute atomic E-state index is 0.0809. The van der Waals surface area contributed by atoms with Crippen LogP contribution in [-0.2, 0) is 16.2 Å². The van der Waals surface area contributed by atoms with Gasteiger partial charge in [-0.05, 0) is 37.1 Å². The second-order valence-electron chi connectivity index (χ2n) is 6.68. The number of nitrogens with zero attached hydrogens (tertiary/aromatic N) is 3. The normalized spacial score (nSPS) is 15.1. The van der Waals surface area contributed by atoms with Gasteiger partial charge >= 0.3 is 6.18 Å². The molecule has 0 unspecified atom stereocenters. The fourth-order valence-corrected chi connectivity index (χ4v) is 4.56. The van der Waals surface area contributed by atoms with E-state index in [0.717, 1.165) is 31.0 Å². The first-order valence-electron chi connectivity index (χ1n) is 8.96. The maximum atomic E-state index is 13.3. The Morgan fingerprint density at radius 1 is 0.897 bits per heavy atom. The van der Waals surface area contributed by atoms with Crippen LogP contribution in [0.15, 0.2) is 53.4 Å². The smallest absolute Gasteiger partial charge is 0.354 e. The molecule has 152 valence electrons. The molecule has 0 saturated carbocycles. The number of hydrogen-bond donors (Lipinski definition) is 1. The van der Waals surface area contributed by atoms with E-state index in [1.807, 2.05) is 4.90 Å². The Balaban J connectivity index is 1.82. The molecule has 1 N–H and O–H groups in total. The largest absolute Gasteiger partial charge is 0.417 e. The van der Waals surface area contributed by atoms with Gasteiger partial charge in [-0.15, -0.1) is 0 Å². The molecule has 6 nitrogen and oxygen atoms in total. The maximum Gasteiger partial charge on any atom is 0.417 e. The summed E-state index contributed by atoms with van der Waals surface area (Å²) in [5, 5.41) is 0. The summed E-state index contributed by atoms with van der Waals surface area (Å²) in [5.74, 6) is 0.233. The summed E-state index contributed by atoms with van der Waals surface area (Å²) < 4.78 is 68.0. The Hall–Kier alpha value is -2.88. The standard InChI is InChI=1S/C19H17F3N4O2S/c20-19(21,22)13-7-1-4-10-16(13)29(27,28)25-17-18(26-11-5-6-12-26)24-15-9-3-2-8-14(15)23-17/h1-4,7-10H,5-6,11-12H2,(H,23,25). The number of aromatic nitrogens is 2. The molecular formula is C19H17F3N4O2S. The SMILES string of the molecule is O=S(=O)(Nc1nc2ccccc2nc1N1CCCC1)c1ccccc1C(F)(F)F. The summed E-state index contributed by atoms with van der Waals surface area (Å²) in [6.45, 7) is 1.34. The molecule has 3 aromatic rings. The van der Waals surface area contributed by atoms with Crippen LogP contribution < -0.4 is 9.62 Å². The van der Waals surface area contributed by atoms with E-state index in [1.165, 1.54) is 6.07 Å². The maximum absolute atomic E-state index is 13.3. The zero-order chi connectivity index (χ0) is 20.6. The van der Waals surface area contributed by atoms with Gasteiger partial charge < -0.3 is 4.90 Å². The Morgan fingerprint density at radius 2 is 1.48 bits per heavy atom. The van der Waals surface area contributed by atoms with Gasteiger partial charge in [0.05, 0.1) is 21.5 Å². The Kier molecular flexibility index (Phi) is 4.81. The van der Waals surface area contributed by atoms with Crippen LogP contribution in [0.1, 0.15) is 18.4 Å². The molecule has 1 aliphatic heterocycles. The predicted molar refractivity (Wildman–Crippen MR) is 103 cm³/mol. The number of anilines is 2. The van der Waals surface area contributed by atoms with Crippen LogP contribution in [0.4, 0.5) is 24.8 Å². The molecule has 1 fully saturated rings. The molecule has 1 aliphatic rings. The highest BCUT2D eigenvalue weighted by molar-refractivity contribution is 7.92. The third kappa shape index (κ3) is 3.84. The van der Waals surface area contributed by atoms with E-state index in [9.17, 15) is 21.6 Å². The highest BCUT2D eigenvalue weighted by atomic mass is 32.2. The first-order chi connectivity index (χ1) is 13.8. The third-order valence-corrected chi connectivity index (χ3v) is 6.07. The van der Waals surface area contributed by atoms with Crippen LogP contribution >= 0.6 is 0 Å². The minimum Gasteiger partial charge on any atom is -0.354 e. The number of alkyl halides is 3. The molecule has 0 atom stereocenters. The lowest BCUT2D eigenvalue weighted by Crippen LogP contribution is -2.24. The van der Waals surface area contributed by atoms with Crippen molar-refractivity contribution in [3.8, 4) is 0 Å². The average molecular weight is 422 g/mol. The molecule has 10 heteroatoms. The number of nitrogens with one attached hydrogen (secondary N) is 1. The number of benzene rings is 2. The second-order valence-corrected chi connectivity index (χ2v) is 8.33. The molecule has 1 saturated heterocycles. The van der Waals surface area contributed by atoms with Gasteiger partial charge in [-0.2, -0.15) is 13.2 Å². The molecular weight excluding hydrogens is 405 g/mol. The van der Waals surface area contributed by atoms with E-state index in [-0.39, 0.29) is 5.82 Å². The van der Waals surface area contributed by atoms with Crippen LogP contribution in [-0.4, -0.2) is 31.5 Å². The molecule has 0 amide bonds. The molecule has 29 heavy (non-hydrogen) atoms. The van der Waals surface area contributed by atoms with E-state index in [0.29, 0.717) is 29.9 Å². The van der Waals surface area contributed by atoms with Gasteiger partial charge in [0, 0.05) is 13.1 Å². The van der Waals surface area contributed by atoms with Gasteiger partial charge in [-0.25, -0.2) is 18.4 Å². The molecule has 0 bridgehead atoms. The topological polar surface area (TPSA) is 75.2 Å². The Labute approximate surface area is 165 Å².